The van der Waals surface area contributed by atoms with Gasteiger partial charge in [-0.25, -0.2) is 8.42 Å². The molecule has 0 bridgehead atoms. The Morgan fingerprint density at radius 3 is 2.67 bits per heavy atom. The number of carbonyl (C=O) groups is 1. The van der Waals surface area contributed by atoms with Gasteiger partial charge in [-0.2, -0.15) is 5.10 Å². The Morgan fingerprint density at radius 1 is 1.19 bits per heavy atom. The van der Waals surface area contributed by atoms with Crippen LogP contribution in [0.3, 0.4) is 0 Å². The first kappa shape index (κ1) is 18.2. The van der Waals surface area contributed by atoms with Crippen LogP contribution in [0.15, 0.2) is 57.9 Å². The van der Waals surface area contributed by atoms with Crippen LogP contribution in [0, 0.1) is 0 Å². The molecule has 0 aliphatic carbocycles. The molecule has 2 heterocycles. The molecule has 6 nitrogen and oxygen atoms in total. The Bertz CT molecular complexity index is 1130. The highest BCUT2D eigenvalue weighted by atomic mass is 79.9. The molecule has 1 aromatic heterocycles. The van der Waals surface area contributed by atoms with E-state index in [-0.39, 0.29) is 12.5 Å². The average molecular weight is 448 g/mol. The number of hydrogen-bond donors (Lipinski definition) is 0. The molecule has 1 unspecified atom stereocenters. The molecule has 3 aromatic rings. The number of fused-ring (bicyclic) bond motifs is 1. The molecule has 4 rings (SSSR count). The van der Waals surface area contributed by atoms with Crippen molar-refractivity contribution in [2.75, 3.05) is 13.1 Å². The maximum Gasteiger partial charge on any atom is 0.272 e. The molecule has 0 N–H and O–H groups in total. The lowest BCUT2D eigenvalue weighted by atomic mass is 10.2. The highest BCUT2D eigenvalue weighted by Gasteiger charge is 2.37. The molecule has 1 atom stereocenters. The topological polar surface area (TPSA) is 72.3 Å². The van der Waals surface area contributed by atoms with Gasteiger partial charge in [0.15, 0.2) is 9.84 Å². The van der Waals surface area contributed by atoms with E-state index in [0.29, 0.717) is 23.6 Å². The standard InChI is InChI=1S/C19H18BrN3O3S/c1-22-18(16-8-7-13(20)11-17(16)21-22)19(24)23-10-9-15(12-23)27(25,26)14-5-3-2-4-6-14/h2-8,11,15H,9-10,12H2,1H3. The quantitative estimate of drug-likeness (QED) is 0.618. The van der Waals surface area contributed by atoms with Crippen LogP contribution in [0.5, 0.6) is 0 Å². The van der Waals surface area contributed by atoms with Crippen molar-refractivity contribution in [2.45, 2.75) is 16.6 Å². The number of hydrogen-bond acceptors (Lipinski definition) is 4. The summed E-state index contributed by atoms with van der Waals surface area (Å²) < 4.78 is 28.1. The number of aromatic nitrogens is 2. The van der Waals surface area contributed by atoms with Gasteiger partial charge in [0.1, 0.15) is 5.69 Å². The van der Waals surface area contributed by atoms with Gasteiger partial charge in [-0.15, -0.1) is 0 Å². The second-order valence-electron chi connectivity index (χ2n) is 6.65. The number of carbonyl (C=O) groups excluding carboxylic acids is 1. The Labute approximate surface area is 165 Å². The lowest BCUT2D eigenvalue weighted by molar-refractivity contribution is 0.0784. The number of amides is 1. The van der Waals surface area contributed by atoms with Gasteiger partial charge >= 0.3 is 0 Å². The third kappa shape index (κ3) is 3.17. The van der Waals surface area contributed by atoms with Crippen LogP contribution >= 0.6 is 15.9 Å². The van der Waals surface area contributed by atoms with Gasteiger partial charge in [0.05, 0.1) is 15.7 Å². The van der Waals surface area contributed by atoms with E-state index in [4.69, 9.17) is 0 Å². The predicted octanol–water partition coefficient (Wildman–Crippen LogP) is 3.02. The summed E-state index contributed by atoms with van der Waals surface area (Å²) in [6.07, 6.45) is 0.435. The molecule has 1 amide bonds. The van der Waals surface area contributed by atoms with Crippen LogP contribution in [-0.2, 0) is 16.9 Å². The fourth-order valence-corrected chi connectivity index (χ4v) is 5.61. The van der Waals surface area contributed by atoms with E-state index in [1.54, 1.807) is 47.0 Å². The number of halogens is 1. The highest BCUT2D eigenvalue weighted by molar-refractivity contribution is 9.10. The summed E-state index contributed by atoms with van der Waals surface area (Å²) in [6.45, 7) is 0.609. The lowest BCUT2D eigenvalue weighted by Crippen LogP contribution is -2.33. The maximum atomic E-state index is 13.1. The van der Waals surface area contributed by atoms with Crippen molar-refractivity contribution in [1.82, 2.24) is 14.7 Å². The summed E-state index contributed by atoms with van der Waals surface area (Å²) in [5.74, 6) is -0.187. The van der Waals surface area contributed by atoms with Crippen molar-refractivity contribution < 1.29 is 13.2 Å². The number of nitrogens with zero attached hydrogens (tertiary/aromatic N) is 3. The van der Waals surface area contributed by atoms with E-state index in [1.807, 2.05) is 18.2 Å². The fraction of sp³-hybridized carbons (Fsp3) is 0.263. The Morgan fingerprint density at radius 2 is 1.93 bits per heavy atom. The Balaban J connectivity index is 1.61. The van der Waals surface area contributed by atoms with Gasteiger partial charge in [0, 0.05) is 30.0 Å². The minimum atomic E-state index is -3.45. The molecule has 1 saturated heterocycles. The highest BCUT2D eigenvalue weighted by Crippen LogP contribution is 2.27. The second-order valence-corrected chi connectivity index (χ2v) is 9.80. The zero-order valence-corrected chi connectivity index (χ0v) is 17.1. The van der Waals surface area contributed by atoms with Crippen LogP contribution in [0.4, 0.5) is 0 Å². The zero-order chi connectivity index (χ0) is 19.2. The normalized spacial score (nSPS) is 17.6. The van der Waals surface area contributed by atoms with Crippen molar-refractivity contribution in [3.63, 3.8) is 0 Å². The average Bonchev–Trinajstić information content (AvgIpc) is 3.26. The molecule has 1 aliphatic rings. The number of aryl methyl sites for hydroxylation is 1. The minimum Gasteiger partial charge on any atom is -0.336 e. The van der Waals surface area contributed by atoms with Gasteiger partial charge in [-0.3, -0.25) is 9.48 Å². The first-order chi connectivity index (χ1) is 12.9. The van der Waals surface area contributed by atoms with Crippen LogP contribution < -0.4 is 0 Å². The summed E-state index contributed by atoms with van der Waals surface area (Å²) in [5.41, 5.74) is 1.21. The number of sulfone groups is 1. The lowest BCUT2D eigenvalue weighted by Gasteiger charge is -2.17. The molecule has 0 saturated carbocycles. The van der Waals surface area contributed by atoms with Gasteiger partial charge in [0.25, 0.3) is 5.91 Å². The van der Waals surface area contributed by atoms with Crippen molar-refractivity contribution in [2.24, 2.45) is 7.05 Å². The molecule has 0 spiro atoms. The molecule has 27 heavy (non-hydrogen) atoms. The van der Waals surface area contributed by atoms with E-state index in [1.165, 1.54) is 0 Å². The molecule has 0 radical (unpaired) electrons. The number of benzene rings is 2. The monoisotopic (exact) mass is 447 g/mol. The van der Waals surface area contributed by atoms with Crippen molar-refractivity contribution >= 4 is 42.6 Å². The fourth-order valence-electron chi connectivity index (χ4n) is 3.55. The molecular weight excluding hydrogens is 430 g/mol. The zero-order valence-electron chi connectivity index (χ0n) is 14.7. The van der Waals surface area contributed by atoms with Crippen molar-refractivity contribution in [3.05, 3.63) is 58.7 Å². The van der Waals surface area contributed by atoms with E-state index >= 15 is 0 Å². The number of likely N-dealkylation sites (tertiary alicyclic amines) is 1. The summed E-state index contributed by atoms with van der Waals surface area (Å²) in [5, 5.41) is 4.58. The van der Waals surface area contributed by atoms with Crippen LogP contribution in [0.25, 0.3) is 10.9 Å². The molecule has 2 aromatic carbocycles. The smallest absolute Gasteiger partial charge is 0.272 e. The molecule has 140 valence electrons. The van der Waals surface area contributed by atoms with E-state index in [2.05, 4.69) is 21.0 Å². The van der Waals surface area contributed by atoms with E-state index in [0.717, 1.165) is 15.4 Å². The van der Waals surface area contributed by atoms with Crippen LogP contribution in [0.2, 0.25) is 0 Å². The van der Waals surface area contributed by atoms with Gasteiger partial charge in [-0.05, 0) is 36.8 Å². The van der Waals surface area contributed by atoms with Gasteiger partial charge in [-0.1, -0.05) is 34.1 Å². The molecule has 1 aliphatic heterocycles. The van der Waals surface area contributed by atoms with Crippen LogP contribution in [-0.4, -0.2) is 47.3 Å². The Hall–Kier alpha value is -2.19. The summed E-state index contributed by atoms with van der Waals surface area (Å²) >= 11 is 3.41. The second kappa shape index (κ2) is 6.76. The largest absolute Gasteiger partial charge is 0.336 e. The Kier molecular flexibility index (Phi) is 4.55. The molecular formula is C19H18BrN3O3S. The molecule has 1 fully saturated rings. The summed E-state index contributed by atoms with van der Waals surface area (Å²) in [6, 6.07) is 14.0. The van der Waals surface area contributed by atoms with Gasteiger partial charge in [0.2, 0.25) is 0 Å². The summed E-state index contributed by atoms with van der Waals surface area (Å²) in [4.78, 5) is 15.0. The van der Waals surface area contributed by atoms with Crippen molar-refractivity contribution in [3.8, 4) is 0 Å². The minimum absolute atomic E-state index is 0.187. The first-order valence-corrected chi connectivity index (χ1v) is 10.9. The van der Waals surface area contributed by atoms with Gasteiger partial charge < -0.3 is 4.90 Å². The first-order valence-electron chi connectivity index (χ1n) is 8.58. The summed E-state index contributed by atoms with van der Waals surface area (Å²) in [7, 11) is -1.72. The third-order valence-corrected chi connectivity index (χ3v) is 7.63. The number of rotatable bonds is 3. The van der Waals surface area contributed by atoms with Crippen LogP contribution in [0.1, 0.15) is 16.9 Å². The van der Waals surface area contributed by atoms with E-state index < -0.39 is 15.1 Å². The third-order valence-electron chi connectivity index (χ3n) is 4.94. The predicted molar refractivity (Wildman–Crippen MR) is 106 cm³/mol. The SMILES string of the molecule is Cn1nc2cc(Br)ccc2c1C(=O)N1CCC(S(=O)(=O)c2ccccc2)C1. The maximum absolute atomic E-state index is 13.1. The molecule has 8 heteroatoms. The van der Waals surface area contributed by atoms with E-state index in [9.17, 15) is 13.2 Å². The van der Waals surface area contributed by atoms with Crippen molar-refractivity contribution in [1.29, 1.82) is 0 Å².